The summed E-state index contributed by atoms with van der Waals surface area (Å²) in [5.74, 6) is 0.277. The summed E-state index contributed by atoms with van der Waals surface area (Å²) in [6.45, 7) is 62.4. The molecule has 1 aromatic heterocycles. The molecule has 0 bridgehead atoms. The molecule has 0 radical (unpaired) electrons. The first kappa shape index (κ1) is 61.5. The lowest BCUT2D eigenvalue weighted by Crippen LogP contribution is -2.55. The van der Waals surface area contributed by atoms with Gasteiger partial charge in [0.15, 0.2) is 33.3 Å². The van der Waals surface area contributed by atoms with Gasteiger partial charge in [-0.2, -0.15) is 0 Å². The fourth-order valence-electron chi connectivity index (χ4n) is 7.15. The van der Waals surface area contributed by atoms with Gasteiger partial charge in [0.05, 0.1) is 29.0 Å². The smallest absolute Gasteiger partial charge is 0.192 e. The second kappa shape index (κ2) is 23.4. The maximum Gasteiger partial charge on any atom is 0.192 e. The van der Waals surface area contributed by atoms with Crippen molar-refractivity contribution in [3.63, 3.8) is 0 Å². The summed E-state index contributed by atoms with van der Waals surface area (Å²) in [4.78, 5) is 20.3. The Balaban J connectivity index is 3.60. The van der Waals surface area contributed by atoms with E-state index in [1.807, 2.05) is 0 Å². The highest BCUT2D eigenvalue weighted by atomic mass is 32.1. The Morgan fingerprint density at radius 2 is 1.20 bits per heavy atom. The zero-order valence-corrected chi connectivity index (χ0v) is 52.0. The predicted molar refractivity (Wildman–Crippen MR) is 293 cm³/mol. The molecule has 0 amide bonds. The molecule has 0 spiro atoms. The summed E-state index contributed by atoms with van der Waals surface area (Å²) in [6.07, 6.45) is 10.5. The van der Waals surface area contributed by atoms with Gasteiger partial charge in [0.1, 0.15) is 5.78 Å². The minimum absolute atomic E-state index is 0.00590. The molecule has 5 atom stereocenters. The maximum absolute atomic E-state index is 15.6. The van der Waals surface area contributed by atoms with Crippen molar-refractivity contribution in [2.75, 3.05) is 6.61 Å². The number of carbonyl (C=O) groups is 1. The van der Waals surface area contributed by atoms with Gasteiger partial charge in [-0.25, -0.2) is 4.98 Å². The number of hydrogen-bond donors (Lipinski definition) is 0. The molecular formula is C53H105NO5SSi4. The van der Waals surface area contributed by atoms with Crippen molar-refractivity contribution >= 4 is 56.5 Å². The summed E-state index contributed by atoms with van der Waals surface area (Å²) in [6, 6.07) is 0. The first-order valence-electron chi connectivity index (χ1n) is 25.0. The van der Waals surface area contributed by atoms with E-state index in [1.54, 1.807) is 11.3 Å². The molecule has 0 fully saturated rings. The quantitative estimate of drug-likeness (QED) is 0.0718. The van der Waals surface area contributed by atoms with Gasteiger partial charge in [-0.3, -0.25) is 4.79 Å². The summed E-state index contributed by atoms with van der Waals surface area (Å²) >= 11 is 1.69. The van der Waals surface area contributed by atoms with Crippen LogP contribution < -0.4 is 0 Å². The van der Waals surface area contributed by atoms with E-state index >= 15 is 4.79 Å². The molecule has 0 saturated heterocycles. The lowest BCUT2D eigenvalue weighted by Gasteiger charge is -2.47. The fourth-order valence-corrected chi connectivity index (χ4v) is 13.0. The molecule has 0 aromatic carbocycles. The van der Waals surface area contributed by atoms with Crippen molar-refractivity contribution in [2.24, 2.45) is 17.3 Å². The number of hydrogen-bond acceptors (Lipinski definition) is 7. The highest BCUT2D eigenvalue weighted by molar-refractivity contribution is 7.09. The Bertz CT molecular complexity index is 1670. The number of aryl methyl sites for hydroxylation is 1. The number of ketones is 1. The maximum atomic E-state index is 15.6. The predicted octanol–water partition coefficient (Wildman–Crippen LogP) is 17.6. The molecule has 1 heterocycles. The van der Waals surface area contributed by atoms with E-state index in [2.05, 4.69) is 201 Å². The zero-order valence-electron chi connectivity index (χ0n) is 47.2. The Labute approximate surface area is 406 Å². The van der Waals surface area contributed by atoms with Crippen LogP contribution in [0, 0.1) is 24.2 Å². The van der Waals surface area contributed by atoms with Crippen LogP contribution in [-0.2, 0) is 22.5 Å². The van der Waals surface area contributed by atoms with Crippen LogP contribution in [0.1, 0.15) is 180 Å². The van der Waals surface area contributed by atoms with E-state index < -0.39 is 38.7 Å². The van der Waals surface area contributed by atoms with Crippen LogP contribution in [0.3, 0.4) is 0 Å². The number of aromatic nitrogens is 1. The summed E-state index contributed by atoms with van der Waals surface area (Å²) in [5.41, 5.74) is 2.91. The Kier molecular flexibility index (Phi) is 22.5. The van der Waals surface area contributed by atoms with E-state index in [9.17, 15) is 0 Å². The van der Waals surface area contributed by atoms with E-state index in [0.29, 0.717) is 18.8 Å². The van der Waals surface area contributed by atoms with Crippen LogP contribution >= 0.6 is 11.3 Å². The van der Waals surface area contributed by atoms with E-state index in [0.717, 1.165) is 49.2 Å². The van der Waals surface area contributed by atoms with Gasteiger partial charge >= 0.3 is 0 Å². The van der Waals surface area contributed by atoms with Crippen LogP contribution in [0.2, 0.25) is 72.5 Å². The number of rotatable bonds is 25. The van der Waals surface area contributed by atoms with Crippen LogP contribution in [0.15, 0.2) is 22.6 Å². The first-order chi connectivity index (χ1) is 28.5. The molecule has 0 saturated carbocycles. The molecule has 0 aliphatic carbocycles. The number of nitrogens with zero attached hydrogens (tertiary/aromatic N) is 1. The van der Waals surface area contributed by atoms with Crippen molar-refractivity contribution in [2.45, 2.75) is 267 Å². The second-order valence-corrected chi connectivity index (χ2v) is 46.4. The van der Waals surface area contributed by atoms with Crippen LogP contribution in [-0.4, -0.2) is 69.0 Å². The van der Waals surface area contributed by atoms with E-state index in [1.165, 1.54) is 11.1 Å². The van der Waals surface area contributed by atoms with Gasteiger partial charge in [0, 0.05) is 23.3 Å². The standard InChI is InChI=1S/C53H105NO5SSi4/c1-28-30-44(48(55)53(18,19)46(58-63(24,25)51(12,13)14)35-36-56-61(20,21)49(6,7)8)47(59-64(26,27)52(15,16)17)40(3)32-29-31-39(2)33-34-45(57-62(22,23)50(9,10)11)41(4)37-43-38-60-42(5)54-43/h33,37-38,40,44-47H,28-32,34-36H2,1-27H3/b39-33-,41-37+/t40?,44-,45+,46+,47+/m1/s1. The normalized spacial score (nSPS) is 17.4. The third-order valence-corrected chi connectivity index (χ3v) is 34.9. The lowest BCUT2D eigenvalue weighted by molar-refractivity contribution is -0.142. The molecule has 11 heteroatoms. The number of allylic oxidation sites excluding steroid dienone is 1. The van der Waals surface area contributed by atoms with Gasteiger partial charge in [0.25, 0.3) is 0 Å². The SMILES string of the molecule is CCC[C@@H](C(=O)C(C)(C)[C@H](CCO[Si](C)(C)C(C)(C)C)O[Si](C)(C)C(C)(C)C)[C@@H](O[Si](C)(C)C(C)(C)C)C(C)CCC/C(C)=C\C[C@H](O[Si](C)(C)C(C)(C)C)/C(C)=C/c1csc(C)n1. The largest absolute Gasteiger partial charge is 0.417 e. The van der Waals surface area contributed by atoms with E-state index in [-0.39, 0.29) is 50.3 Å². The fraction of sp³-hybridized carbons (Fsp3) is 0.849. The van der Waals surface area contributed by atoms with Crippen molar-refractivity contribution in [1.29, 1.82) is 0 Å². The molecule has 6 nitrogen and oxygen atoms in total. The first-order valence-corrected chi connectivity index (χ1v) is 37.5. The molecule has 64 heavy (non-hydrogen) atoms. The topological polar surface area (TPSA) is 66.9 Å². The number of Topliss-reactive ketones (excluding diaryl/α,β-unsaturated/α-hetero) is 1. The minimum Gasteiger partial charge on any atom is -0.417 e. The highest BCUT2D eigenvalue weighted by Crippen LogP contribution is 2.46. The molecule has 0 aliphatic rings. The summed E-state index contributed by atoms with van der Waals surface area (Å²) < 4.78 is 28.7. The van der Waals surface area contributed by atoms with Gasteiger partial charge in [-0.15, -0.1) is 11.3 Å². The average Bonchev–Trinajstić information content (AvgIpc) is 3.52. The third-order valence-electron chi connectivity index (χ3n) is 16.1. The van der Waals surface area contributed by atoms with Crippen molar-refractivity contribution in [3.8, 4) is 0 Å². The summed E-state index contributed by atoms with van der Waals surface area (Å²) in [7, 11) is -8.52. The molecule has 0 aliphatic heterocycles. The summed E-state index contributed by atoms with van der Waals surface area (Å²) in [5, 5.41) is 3.47. The van der Waals surface area contributed by atoms with Crippen molar-refractivity contribution in [3.05, 3.63) is 33.3 Å². The zero-order chi connectivity index (χ0) is 50.3. The van der Waals surface area contributed by atoms with E-state index in [4.69, 9.17) is 22.7 Å². The van der Waals surface area contributed by atoms with Gasteiger partial charge in [-0.05, 0) is 149 Å². The number of carbonyl (C=O) groups excluding carboxylic acids is 1. The lowest BCUT2D eigenvalue weighted by atomic mass is 9.71. The average molecular weight is 981 g/mol. The van der Waals surface area contributed by atoms with Crippen LogP contribution in [0.5, 0.6) is 0 Å². The second-order valence-electron chi connectivity index (χ2n) is 26.3. The Morgan fingerprint density at radius 3 is 1.66 bits per heavy atom. The Hall–Kier alpha value is -0.512. The molecule has 1 rings (SSSR count). The number of thiazole rings is 1. The van der Waals surface area contributed by atoms with Crippen LogP contribution in [0.4, 0.5) is 0 Å². The van der Waals surface area contributed by atoms with Gasteiger partial charge in [0.2, 0.25) is 0 Å². The monoisotopic (exact) mass is 980 g/mol. The molecule has 1 unspecified atom stereocenters. The van der Waals surface area contributed by atoms with Crippen LogP contribution in [0.25, 0.3) is 6.08 Å². The molecular weight excluding hydrogens is 875 g/mol. The van der Waals surface area contributed by atoms with Crippen molar-refractivity contribution < 1.29 is 22.5 Å². The van der Waals surface area contributed by atoms with Crippen molar-refractivity contribution in [1.82, 2.24) is 4.98 Å². The van der Waals surface area contributed by atoms with Gasteiger partial charge in [-0.1, -0.05) is 129 Å². The minimum atomic E-state index is -2.26. The molecule has 0 N–H and O–H groups in total. The van der Waals surface area contributed by atoms with Gasteiger partial charge < -0.3 is 17.7 Å². The highest BCUT2D eigenvalue weighted by Gasteiger charge is 2.50. The molecule has 1 aromatic rings. The third kappa shape index (κ3) is 17.8. The molecule has 374 valence electrons. The Morgan fingerprint density at radius 1 is 0.719 bits per heavy atom.